The van der Waals surface area contributed by atoms with Gasteiger partial charge in [0.15, 0.2) is 0 Å². The fourth-order valence-electron chi connectivity index (χ4n) is 5.86. The summed E-state index contributed by atoms with van der Waals surface area (Å²) in [5.41, 5.74) is 1.42. The van der Waals surface area contributed by atoms with Crippen molar-refractivity contribution in [2.24, 2.45) is 17.8 Å². The van der Waals surface area contributed by atoms with Gasteiger partial charge in [-0.3, -0.25) is 14.9 Å². The van der Waals surface area contributed by atoms with E-state index in [1.165, 1.54) is 17.0 Å². The molecule has 5 rings (SSSR count). The Morgan fingerprint density at radius 1 is 1.00 bits per heavy atom. The van der Waals surface area contributed by atoms with Crippen LogP contribution in [-0.4, -0.2) is 54.4 Å². The molecular weight excluding hydrogens is 526 g/mol. The van der Waals surface area contributed by atoms with Crippen LogP contribution in [0.15, 0.2) is 71.9 Å². The Morgan fingerprint density at radius 2 is 1.66 bits per heavy atom. The van der Waals surface area contributed by atoms with Crippen LogP contribution in [0.1, 0.15) is 31.1 Å². The van der Waals surface area contributed by atoms with E-state index in [0.29, 0.717) is 11.3 Å². The Kier molecular flexibility index (Phi) is 7.25. The maximum Gasteiger partial charge on any atom is 0.363 e. The number of fused-ring (bicyclic) bond motifs is 2. The lowest BCUT2D eigenvalue weighted by atomic mass is 9.74. The molecule has 41 heavy (non-hydrogen) atoms. The number of anilines is 1. The molecule has 3 aromatic rings. The molecule has 3 atom stereocenters. The second-order valence-corrected chi connectivity index (χ2v) is 10.9. The number of ether oxygens (including phenoxy) is 2. The number of amides is 1. The van der Waals surface area contributed by atoms with Gasteiger partial charge in [-0.05, 0) is 30.2 Å². The summed E-state index contributed by atoms with van der Waals surface area (Å²) in [6, 6.07) is 16.2. The molecule has 0 unspecified atom stereocenters. The minimum Gasteiger partial charge on any atom is -0.488 e. The SMILES string of the molecule is CC(C)[C@H]1C(=O)N2C(C(=O)OC(=O)c3ccc([N+](=O)[O-])cc3)=C(COc3cccc4c(N(C)C)cccc34)[C@H](C)[C@H]12. The van der Waals surface area contributed by atoms with Crippen LogP contribution in [0, 0.1) is 27.9 Å². The molecule has 1 fully saturated rings. The van der Waals surface area contributed by atoms with E-state index in [0.717, 1.165) is 28.6 Å². The fraction of sp³-hybridized carbons (Fsp3) is 0.323. The van der Waals surface area contributed by atoms with Gasteiger partial charge in [-0.15, -0.1) is 0 Å². The van der Waals surface area contributed by atoms with Crippen LogP contribution < -0.4 is 9.64 Å². The number of hydrogen-bond donors (Lipinski definition) is 0. The molecule has 0 spiro atoms. The standard InChI is InChI=1S/C31H31N3O7/c1-17(2)26-27-18(3)23(16-40-25-11-7-8-21-22(25)9-6-10-24(21)32(4)5)28(33(27)29(26)35)31(37)41-30(36)19-12-14-20(15-13-19)34(38)39/h6-15,17-18,26-27H,16H2,1-5H3/t18-,26+,27+/m0/s1. The molecule has 212 valence electrons. The van der Waals surface area contributed by atoms with Gasteiger partial charge in [-0.2, -0.15) is 0 Å². The van der Waals surface area contributed by atoms with Gasteiger partial charge in [0.1, 0.15) is 18.1 Å². The lowest BCUT2D eigenvalue weighted by Crippen LogP contribution is -2.62. The molecular formula is C31H31N3O7. The maximum atomic E-state index is 13.5. The second-order valence-electron chi connectivity index (χ2n) is 10.9. The Hall–Kier alpha value is -4.73. The third-order valence-corrected chi connectivity index (χ3v) is 7.93. The van der Waals surface area contributed by atoms with Crippen LogP contribution >= 0.6 is 0 Å². The maximum absolute atomic E-state index is 13.5. The normalized spacial score (nSPS) is 19.7. The molecule has 0 saturated carbocycles. The number of rotatable bonds is 8. The van der Waals surface area contributed by atoms with Crippen molar-refractivity contribution in [1.82, 2.24) is 4.90 Å². The number of hydrogen-bond acceptors (Lipinski definition) is 8. The first-order chi connectivity index (χ1) is 19.5. The number of carbonyl (C=O) groups is 3. The fourth-order valence-corrected chi connectivity index (χ4v) is 5.86. The largest absolute Gasteiger partial charge is 0.488 e. The number of nitrogens with zero attached hydrogens (tertiary/aromatic N) is 3. The predicted octanol–water partition coefficient (Wildman–Crippen LogP) is 4.96. The summed E-state index contributed by atoms with van der Waals surface area (Å²) in [5.74, 6) is -1.89. The Morgan fingerprint density at radius 3 is 2.29 bits per heavy atom. The Balaban J connectivity index is 1.46. The van der Waals surface area contributed by atoms with E-state index in [1.54, 1.807) is 0 Å². The van der Waals surface area contributed by atoms with Crippen molar-refractivity contribution in [3.63, 3.8) is 0 Å². The number of carbonyl (C=O) groups excluding carboxylic acids is 3. The summed E-state index contributed by atoms with van der Waals surface area (Å²) in [4.78, 5) is 53.2. The first-order valence-corrected chi connectivity index (χ1v) is 13.4. The van der Waals surface area contributed by atoms with Crippen LogP contribution in [0.25, 0.3) is 10.8 Å². The van der Waals surface area contributed by atoms with E-state index in [9.17, 15) is 24.5 Å². The molecule has 0 N–H and O–H groups in total. The van der Waals surface area contributed by atoms with E-state index in [-0.39, 0.29) is 53.3 Å². The van der Waals surface area contributed by atoms with Crippen molar-refractivity contribution in [1.29, 1.82) is 0 Å². The molecule has 10 heteroatoms. The van der Waals surface area contributed by atoms with Gasteiger partial charge in [-0.25, -0.2) is 9.59 Å². The quantitative estimate of drug-likeness (QED) is 0.125. The zero-order chi connectivity index (χ0) is 29.6. The zero-order valence-electron chi connectivity index (χ0n) is 23.5. The van der Waals surface area contributed by atoms with Crippen LogP contribution in [0.5, 0.6) is 5.75 Å². The summed E-state index contributed by atoms with van der Waals surface area (Å²) in [5, 5.41) is 12.9. The van der Waals surface area contributed by atoms with Crippen molar-refractivity contribution < 1.29 is 28.8 Å². The highest BCUT2D eigenvalue weighted by atomic mass is 16.6. The van der Waals surface area contributed by atoms with Gasteiger partial charge in [0.25, 0.3) is 5.69 Å². The van der Waals surface area contributed by atoms with Gasteiger partial charge in [-0.1, -0.05) is 45.0 Å². The number of esters is 2. The molecule has 2 aliphatic heterocycles. The van der Waals surface area contributed by atoms with Gasteiger partial charge in [0.2, 0.25) is 5.91 Å². The molecule has 1 saturated heterocycles. The monoisotopic (exact) mass is 557 g/mol. The van der Waals surface area contributed by atoms with E-state index in [4.69, 9.17) is 9.47 Å². The van der Waals surface area contributed by atoms with Crippen molar-refractivity contribution >= 4 is 40.0 Å². The molecule has 3 aromatic carbocycles. The Labute approximate surface area is 237 Å². The highest BCUT2D eigenvalue weighted by Gasteiger charge is 2.59. The van der Waals surface area contributed by atoms with Gasteiger partial charge >= 0.3 is 11.9 Å². The molecule has 2 heterocycles. The molecule has 2 aliphatic rings. The van der Waals surface area contributed by atoms with Crippen LogP contribution in [-0.2, 0) is 14.3 Å². The summed E-state index contributed by atoms with van der Waals surface area (Å²) >= 11 is 0. The summed E-state index contributed by atoms with van der Waals surface area (Å²) in [6.45, 7) is 5.91. The molecule has 0 bridgehead atoms. The average molecular weight is 558 g/mol. The van der Waals surface area contributed by atoms with Crippen molar-refractivity contribution in [2.45, 2.75) is 26.8 Å². The predicted molar refractivity (Wildman–Crippen MR) is 152 cm³/mol. The summed E-state index contributed by atoms with van der Waals surface area (Å²) < 4.78 is 11.5. The molecule has 10 nitrogen and oxygen atoms in total. The second kappa shape index (κ2) is 10.7. The average Bonchev–Trinajstić information content (AvgIpc) is 3.18. The Bertz CT molecular complexity index is 1590. The van der Waals surface area contributed by atoms with E-state index < -0.39 is 16.9 Å². The first kappa shape index (κ1) is 27.8. The van der Waals surface area contributed by atoms with E-state index >= 15 is 0 Å². The smallest absolute Gasteiger partial charge is 0.363 e. The van der Waals surface area contributed by atoms with Gasteiger partial charge in [0, 0.05) is 54.2 Å². The molecule has 0 radical (unpaired) electrons. The highest BCUT2D eigenvalue weighted by Crippen LogP contribution is 2.49. The van der Waals surface area contributed by atoms with Crippen molar-refractivity contribution in [2.75, 3.05) is 25.6 Å². The summed E-state index contributed by atoms with van der Waals surface area (Å²) in [6.07, 6.45) is 0. The van der Waals surface area contributed by atoms with E-state index in [1.807, 2.05) is 76.2 Å². The lowest BCUT2D eigenvalue weighted by Gasteiger charge is -2.47. The molecule has 0 aromatic heterocycles. The number of non-ortho nitro benzene ring substituents is 1. The van der Waals surface area contributed by atoms with Gasteiger partial charge < -0.3 is 19.3 Å². The number of nitro benzene ring substituents is 1. The number of β-lactam (4-membered cyclic amide) rings is 1. The summed E-state index contributed by atoms with van der Waals surface area (Å²) in [7, 11) is 3.94. The topological polar surface area (TPSA) is 119 Å². The molecule has 1 amide bonds. The molecule has 0 aliphatic carbocycles. The third-order valence-electron chi connectivity index (χ3n) is 7.93. The minimum absolute atomic E-state index is 0.0209. The lowest BCUT2D eigenvalue weighted by molar-refractivity contribution is -0.384. The van der Waals surface area contributed by atoms with Crippen molar-refractivity contribution in [3.8, 4) is 5.75 Å². The van der Waals surface area contributed by atoms with Crippen molar-refractivity contribution in [3.05, 3.63) is 87.6 Å². The van der Waals surface area contributed by atoms with Crippen LogP contribution in [0.3, 0.4) is 0 Å². The third kappa shape index (κ3) is 4.79. The first-order valence-electron chi connectivity index (χ1n) is 13.4. The van der Waals surface area contributed by atoms with E-state index in [2.05, 4.69) is 0 Å². The van der Waals surface area contributed by atoms with Crippen LogP contribution in [0.2, 0.25) is 0 Å². The number of nitro groups is 1. The number of benzene rings is 3. The zero-order valence-corrected chi connectivity index (χ0v) is 23.5. The van der Waals surface area contributed by atoms with Crippen LogP contribution in [0.4, 0.5) is 11.4 Å². The highest BCUT2D eigenvalue weighted by molar-refractivity contribution is 6.06. The minimum atomic E-state index is -0.965. The van der Waals surface area contributed by atoms with Gasteiger partial charge in [0.05, 0.1) is 22.4 Å².